The van der Waals surface area contributed by atoms with Crippen molar-refractivity contribution >= 4 is 12.0 Å². The maximum absolute atomic E-state index is 12.5. The number of carbonyl (C=O) groups excluding carboxylic acids is 2. The highest BCUT2D eigenvalue weighted by Crippen LogP contribution is 2.24. The van der Waals surface area contributed by atoms with Crippen LogP contribution in [0.15, 0.2) is 18.3 Å². The summed E-state index contributed by atoms with van der Waals surface area (Å²) in [7, 11) is 0. The van der Waals surface area contributed by atoms with Crippen molar-refractivity contribution in [2.24, 2.45) is 0 Å². The number of carbonyl (C=O) groups is 2. The lowest BCUT2D eigenvalue weighted by Crippen LogP contribution is -2.49. The Labute approximate surface area is 154 Å². The van der Waals surface area contributed by atoms with Crippen molar-refractivity contribution in [1.29, 1.82) is 0 Å². The lowest BCUT2D eigenvalue weighted by Gasteiger charge is -2.37. The van der Waals surface area contributed by atoms with E-state index in [4.69, 9.17) is 4.74 Å². The molecule has 3 heterocycles. The lowest BCUT2D eigenvalue weighted by molar-refractivity contribution is -0.154. The van der Waals surface area contributed by atoms with E-state index in [9.17, 15) is 22.8 Å². The van der Waals surface area contributed by atoms with Crippen LogP contribution in [-0.4, -0.2) is 71.3 Å². The summed E-state index contributed by atoms with van der Waals surface area (Å²) in [5.41, 5.74) is 0.279. The number of cyclic esters (lactones) is 1. The Kier molecular flexibility index (Phi) is 5.43. The number of aromatic nitrogens is 1. The van der Waals surface area contributed by atoms with Gasteiger partial charge in [-0.05, 0) is 25.8 Å². The predicted molar refractivity (Wildman–Crippen MR) is 87.4 cm³/mol. The van der Waals surface area contributed by atoms with Gasteiger partial charge in [0.1, 0.15) is 6.61 Å². The summed E-state index contributed by atoms with van der Waals surface area (Å²) < 4.78 is 46.0. The maximum Gasteiger partial charge on any atom is 0.422 e. The SMILES string of the molecule is CC1COC(=O)N1C1CCN(C(=O)c2ccc(OCC(F)(F)F)nc2)CC1. The number of alkyl halides is 3. The summed E-state index contributed by atoms with van der Waals surface area (Å²) in [4.78, 5) is 31.5. The standard InChI is InChI=1S/C17H20F3N3O4/c1-11-9-26-16(25)23(11)13-4-6-22(7-5-13)15(24)12-2-3-14(21-8-12)27-10-17(18,19)20/h2-3,8,11,13H,4-7,9-10H2,1H3. The second-order valence-corrected chi connectivity index (χ2v) is 6.65. The Hall–Kier alpha value is -2.52. The Bertz CT molecular complexity index is 688. The second kappa shape index (κ2) is 7.61. The van der Waals surface area contributed by atoms with Crippen LogP contribution in [0.1, 0.15) is 30.1 Å². The molecule has 1 aromatic heterocycles. The monoisotopic (exact) mass is 387 g/mol. The highest BCUT2D eigenvalue weighted by Gasteiger charge is 2.37. The van der Waals surface area contributed by atoms with Crippen LogP contribution in [-0.2, 0) is 4.74 Å². The number of rotatable bonds is 4. The van der Waals surface area contributed by atoms with E-state index in [0.29, 0.717) is 32.5 Å². The highest BCUT2D eigenvalue weighted by molar-refractivity contribution is 5.94. The van der Waals surface area contributed by atoms with Gasteiger partial charge in [-0.2, -0.15) is 13.2 Å². The van der Waals surface area contributed by atoms with E-state index < -0.39 is 12.8 Å². The molecule has 0 spiro atoms. The molecule has 10 heteroatoms. The van der Waals surface area contributed by atoms with Crippen molar-refractivity contribution < 1.29 is 32.2 Å². The van der Waals surface area contributed by atoms with Crippen LogP contribution in [0.25, 0.3) is 0 Å². The average Bonchev–Trinajstić information content (AvgIpc) is 2.98. The summed E-state index contributed by atoms with van der Waals surface area (Å²) in [6.07, 6.45) is -2.26. The van der Waals surface area contributed by atoms with Gasteiger partial charge >= 0.3 is 12.3 Å². The van der Waals surface area contributed by atoms with Gasteiger partial charge in [0.15, 0.2) is 6.61 Å². The molecule has 1 unspecified atom stereocenters. The fourth-order valence-electron chi connectivity index (χ4n) is 3.31. The van der Waals surface area contributed by atoms with Crippen LogP contribution in [0, 0.1) is 0 Å². The average molecular weight is 387 g/mol. The van der Waals surface area contributed by atoms with E-state index in [1.54, 1.807) is 9.80 Å². The number of hydrogen-bond donors (Lipinski definition) is 0. The normalized spacial score (nSPS) is 21.3. The maximum atomic E-state index is 12.5. The molecule has 0 aliphatic carbocycles. The first-order chi connectivity index (χ1) is 12.7. The molecule has 0 aromatic carbocycles. The molecule has 2 saturated heterocycles. The fraction of sp³-hybridized carbons (Fsp3) is 0.588. The quantitative estimate of drug-likeness (QED) is 0.794. The van der Waals surface area contributed by atoms with Crippen LogP contribution >= 0.6 is 0 Å². The number of pyridine rings is 1. The molecule has 148 valence electrons. The van der Waals surface area contributed by atoms with Gasteiger partial charge in [0, 0.05) is 31.4 Å². The Morgan fingerprint density at radius 1 is 1.33 bits per heavy atom. The van der Waals surface area contributed by atoms with Crippen molar-refractivity contribution in [3.63, 3.8) is 0 Å². The molecule has 3 rings (SSSR count). The molecule has 27 heavy (non-hydrogen) atoms. The van der Waals surface area contributed by atoms with Crippen molar-refractivity contribution in [1.82, 2.24) is 14.8 Å². The lowest BCUT2D eigenvalue weighted by atomic mass is 10.0. The smallest absolute Gasteiger partial charge is 0.422 e. The van der Waals surface area contributed by atoms with Crippen LogP contribution in [0.2, 0.25) is 0 Å². The number of hydrogen-bond acceptors (Lipinski definition) is 5. The molecule has 0 radical (unpaired) electrons. The summed E-state index contributed by atoms with van der Waals surface area (Å²) in [5, 5.41) is 0. The van der Waals surface area contributed by atoms with E-state index in [1.807, 2.05) is 6.92 Å². The van der Waals surface area contributed by atoms with Gasteiger partial charge in [0.2, 0.25) is 5.88 Å². The fourth-order valence-corrected chi connectivity index (χ4v) is 3.31. The molecule has 1 aromatic rings. The van der Waals surface area contributed by atoms with E-state index in [-0.39, 0.29) is 35.5 Å². The van der Waals surface area contributed by atoms with Crippen LogP contribution in [0.4, 0.5) is 18.0 Å². The molecule has 2 aliphatic rings. The molecule has 2 aliphatic heterocycles. The third kappa shape index (κ3) is 4.61. The minimum atomic E-state index is -4.44. The Morgan fingerprint density at radius 3 is 2.56 bits per heavy atom. The van der Waals surface area contributed by atoms with Gasteiger partial charge in [-0.3, -0.25) is 9.69 Å². The number of piperidine rings is 1. The number of halogens is 3. The molecule has 7 nitrogen and oxygen atoms in total. The molecular weight excluding hydrogens is 367 g/mol. The zero-order chi connectivity index (χ0) is 19.6. The third-order valence-corrected chi connectivity index (χ3v) is 4.65. The molecule has 1 atom stereocenters. The van der Waals surface area contributed by atoms with Crippen molar-refractivity contribution in [2.45, 2.75) is 38.0 Å². The molecular formula is C17H20F3N3O4. The summed E-state index contributed by atoms with van der Waals surface area (Å²) in [6, 6.07) is 2.70. The van der Waals surface area contributed by atoms with E-state index in [2.05, 4.69) is 9.72 Å². The minimum Gasteiger partial charge on any atom is -0.468 e. The summed E-state index contributed by atoms with van der Waals surface area (Å²) in [6.45, 7) is 1.83. The van der Waals surface area contributed by atoms with Crippen LogP contribution < -0.4 is 4.74 Å². The molecule has 2 amide bonds. The third-order valence-electron chi connectivity index (χ3n) is 4.65. The second-order valence-electron chi connectivity index (χ2n) is 6.65. The number of amides is 2. The number of ether oxygens (including phenoxy) is 2. The predicted octanol–water partition coefficient (Wildman–Crippen LogP) is 2.47. The zero-order valence-electron chi connectivity index (χ0n) is 14.7. The molecule has 0 N–H and O–H groups in total. The first-order valence-corrected chi connectivity index (χ1v) is 8.64. The van der Waals surface area contributed by atoms with E-state index in [1.165, 1.54) is 18.3 Å². The first kappa shape index (κ1) is 19.2. The Morgan fingerprint density at radius 2 is 2.04 bits per heavy atom. The van der Waals surface area contributed by atoms with Gasteiger partial charge < -0.3 is 14.4 Å². The molecule has 0 saturated carbocycles. The van der Waals surface area contributed by atoms with Gasteiger partial charge in [0.25, 0.3) is 5.91 Å². The number of nitrogens with zero attached hydrogens (tertiary/aromatic N) is 3. The van der Waals surface area contributed by atoms with E-state index in [0.717, 1.165) is 0 Å². The number of likely N-dealkylation sites (tertiary alicyclic amines) is 1. The van der Waals surface area contributed by atoms with Gasteiger partial charge in [-0.1, -0.05) is 0 Å². The van der Waals surface area contributed by atoms with Gasteiger partial charge in [0.05, 0.1) is 11.6 Å². The largest absolute Gasteiger partial charge is 0.468 e. The first-order valence-electron chi connectivity index (χ1n) is 8.64. The molecule has 0 bridgehead atoms. The van der Waals surface area contributed by atoms with Crippen molar-refractivity contribution in [3.05, 3.63) is 23.9 Å². The summed E-state index contributed by atoms with van der Waals surface area (Å²) >= 11 is 0. The van der Waals surface area contributed by atoms with Crippen LogP contribution in [0.3, 0.4) is 0 Å². The highest BCUT2D eigenvalue weighted by atomic mass is 19.4. The van der Waals surface area contributed by atoms with Gasteiger partial charge in [-0.25, -0.2) is 9.78 Å². The van der Waals surface area contributed by atoms with Crippen molar-refractivity contribution in [3.8, 4) is 5.88 Å². The van der Waals surface area contributed by atoms with Crippen LogP contribution in [0.5, 0.6) is 5.88 Å². The topological polar surface area (TPSA) is 72.0 Å². The van der Waals surface area contributed by atoms with Crippen molar-refractivity contribution in [2.75, 3.05) is 26.3 Å². The summed E-state index contributed by atoms with van der Waals surface area (Å²) in [5.74, 6) is -0.440. The van der Waals surface area contributed by atoms with Gasteiger partial charge in [-0.15, -0.1) is 0 Å². The molecule has 2 fully saturated rings. The van der Waals surface area contributed by atoms with E-state index >= 15 is 0 Å². The minimum absolute atomic E-state index is 0.0261. The Balaban J connectivity index is 1.54. The zero-order valence-corrected chi connectivity index (χ0v) is 14.7.